The molecule has 4 rings (SSSR count). The molecule has 1 atom stereocenters. The first-order valence-corrected chi connectivity index (χ1v) is 8.97. The van der Waals surface area contributed by atoms with Gasteiger partial charge in [-0.2, -0.15) is 0 Å². The molecule has 1 saturated heterocycles. The van der Waals surface area contributed by atoms with E-state index in [0.29, 0.717) is 0 Å². The van der Waals surface area contributed by atoms with E-state index < -0.39 is 0 Å². The topological polar surface area (TPSA) is 27.7 Å². The molecular weight excluding hydrogens is 325 g/mol. The lowest BCUT2D eigenvalue weighted by Gasteiger charge is -2.26. The third kappa shape index (κ3) is 3.22. The number of nitrogens with one attached hydrogen (secondary N) is 1. The van der Waals surface area contributed by atoms with Crippen molar-refractivity contribution in [3.63, 3.8) is 0 Å². The van der Waals surface area contributed by atoms with Crippen LogP contribution in [0.3, 0.4) is 0 Å². The highest BCUT2D eigenvalue weighted by atomic mass is 32.2. The highest BCUT2D eigenvalue weighted by Crippen LogP contribution is 2.48. The number of ether oxygens (including phenoxy) is 1. The Morgan fingerprint density at radius 1 is 1.12 bits per heavy atom. The van der Waals surface area contributed by atoms with Gasteiger partial charge in [-0.1, -0.05) is 12.1 Å². The molecule has 2 aromatic carbocycles. The highest BCUT2D eigenvalue weighted by molar-refractivity contribution is 8.02. The fourth-order valence-electron chi connectivity index (χ4n) is 3.02. The van der Waals surface area contributed by atoms with Crippen molar-refractivity contribution in [2.75, 3.05) is 34.9 Å². The molecule has 0 aliphatic carbocycles. The summed E-state index contributed by atoms with van der Waals surface area (Å²) in [5, 5.41) is 3.37. The van der Waals surface area contributed by atoms with Gasteiger partial charge in [-0.15, -0.1) is 0 Å². The van der Waals surface area contributed by atoms with Gasteiger partial charge in [-0.25, -0.2) is 4.39 Å². The molecule has 0 saturated carbocycles. The summed E-state index contributed by atoms with van der Waals surface area (Å²) in [7, 11) is 0. The van der Waals surface area contributed by atoms with Gasteiger partial charge in [0, 0.05) is 19.6 Å². The second-order valence-electron chi connectivity index (χ2n) is 5.93. The van der Waals surface area contributed by atoms with Crippen LogP contribution in [0.25, 0.3) is 0 Å². The van der Waals surface area contributed by atoms with Crippen LogP contribution in [0.1, 0.15) is 6.42 Å². The lowest BCUT2D eigenvalue weighted by atomic mass is 10.2. The zero-order chi connectivity index (χ0) is 16.4. The van der Waals surface area contributed by atoms with Gasteiger partial charge in [-0.3, -0.25) is 8.61 Å². The standard InChI is InChI=1S/C18H20FN3OS/c19-14-5-7-15(8-6-14)22-18-4-2-1-3-17(18)21(24-22)11-9-16-13-20-10-12-23-16/h1-8,16,20H,9-13H2. The maximum absolute atomic E-state index is 13.2. The summed E-state index contributed by atoms with van der Waals surface area (Å²) in [4.78, 5) is 0. The minimum Gasteiger partial charge on any atom is -0.376 e. The van der Waals surface area contributed by atoms with Crippen LogP contribution in [0.15, 0.2) is 48.5 Å². The Bertz CT molecular complexity index is 691. The molecule has 4 nitrogen and oxygen atoms in total. The van der Waals surface area contributed by atoms with E-state index in [4.69, 9.17) is 4.74 Å². The smallest absolute Gasteiger partial charge is 0.123 e. The van der Waals surface area contributed by atoms with E-state index in [2.05, 4.69) is 32.1 Å². The molecule has 2 aliphatic heterocycles. The van der Waals surface area contributed by atoms with Gasteiger partial charge < -0.3 is 10.1 Å². The molecule has 1 N–H and O–H groups in total. The zero-order valence-electron chi connectivity index (χ0n) is 13.3. The highest BCUT2D eigenvalue weighted by Gasteiger charge is 2.29. The Balaban J connectivity index is 1.51. The maximum atomic E-state index is 13.2. The molecule has 2 heterocycles. The number of para-hydroxylation sites is 2. The Hall–Kier alpha value is -1.76. The Morgan fingerprint density at radius 2 is 1.92 bits per heavy atom. The van der Waals surface area contributed by atoms with Gasteiger partial charge in [0.25, 0.3) is 0 Å². The summed E-state index contributed by atoms with van der Waals surface area (Å²) in [6.45, 7) is 3.56. The zero-order valence-corrected chi connectivity index (χ0v) is 14.1. The van der Waals surface area contributed by atoms with Crippen LogP contribution in [-0.2, 0) is 4.74 Å². The third-order valence-corrected chi connectivity index (χ3v) is 5.42. The number of anilines is 3. The molecule has 0 amide bonds. The van der Waals surface area contributed by atoms with Crippen molar-refractivity contribution in [1.29, 1.82) is 0 Å². The van der Waals surface area contributed by atoms with Crippen LogP contribution >= 0.6 is 12.1 Å². The van der Waals surface area contributed by atoms with Crippen LogP contribution in [0.5, 0.6) is 0 Å². The third-order valence-electron chi connectivity index (χ3n) is 4.27. The van der Waals surface area contributed by atoms with Crippen LogP contribution < -0.4 is 13.9 Å². The predicted octanol–water partition coefficient (Wildman–Crippen LogP) is 3.73. The second-order valence-corrected chi connectivity index (χ2v) is 6.90. The first kappa shape index (κ1) is 15.7. The van der Waals surface area contributed by atoms with Crippen LogP contribution in [0.4, 0.5) is 21.5 Å². The van der Waals surface area contributed by atoms with Gasteiger partial charge in [0.15, 0.2) is 0 Å². The van der Waals surface area contributed by atoms with Crippen LogP contribution in [0.2, 0.25) is 0 Å². The molecular formula is C18H20FN3OS. The molecule has 0 bridgehead atoms. The van der Waals surface area contributed by atoms with Gasteiger partial charge in [0.05, 0.1) is 41.9 Å². The van der Waals surface area contributed by atoms with Crippen LogP contribution in [0, 0.1) is 5.82 Å². The fraction of sp³-hybridized carbons (Fsp3) is 0.333. The summed E-state index contributed by atoms with van der Waals surface area (Å²) in [5.41, 5.74) is 3.30. The van der Waals surface area contributed by atoms with Crippen molar-refractivity contribution < 1.29 is 9.13 Å². The molecule has 2 aromatic rings. The molecule has 24 heavy (non-hydrogen) atoms. The number of benzene rings is 2. The Morgan fingerprint density at radius 3 is 2.67 bits per heavy atom. The monoisotopic (exact) mass is 345 g/mol. The molecule has 0 radical (unpaired) electrons. The van der Waals surface area contributed by atoms with E-state index in [9.17, 15) is 4.39 Å². The average molecular weight is 345 g/mol. The normalized spacial score (nSPS) is 20.3. The molecule has 6 heteroatoms. The van der Waals surface area contributed by atoms with E-state index in [1.165, 1.54) is 17.8 Å². The Labute approximate surface area is 145 Å². The number of rotatable bonds is 4. The summed E-state index contributed by atoms with van der Waals surface area (Å²) >= 11 is 1.66. The van der Waals surface area contributed by atoms with E-state index in [1.54, 1.807) is 12.1 Å². The SMILES string of the molecule is Fc1ccc(N2SN(CCC3CNCCO3)c3ccccc32)cc1. The number of morpholine rings is 1. The van der Waals surface area contributed by atoms with Crippen molar-refractivity contribution in [2.45, 2.75) is 12.5 Å². The summed E-state index contributed by atoms with van der Waals surface area (Å²) < 4.78 is 23.4. The largest absolute Gasteiger partial charge is 0.376 e. The lowest BCUT2D eigenvalue weighted by Crippen LogP contribution is -2.39. The van der Waals surface area contributed by atoms with Gasteiger partial charge in [0.2, 0.25) is 0 Å². The van der Waals surface area contributed by atoms with Crippen molar-refractivity contribution in [1.82, 2.24) is 5.32 Å². The van der Waals surface area contributed by atoms with Crippen LogP contribution in [-0.4, -0.2) is 32.3 Å². The van der Waals surface area contributed by atoms with Crippen molar-refractivity contribution in [2.24, 2.45) is 0 Å². The van der Waals surface area contributed by atoms with Gasteiger partial charge >= 0.3 is 0 Å². The molecule has 1 fully saturated rings. The number of hydrogen-bond donors (Lipinski definition) is 1. The number of nitrogens with zero attached hydrogens (tertiary/aromatic N) is 2. The fourth-order valence-corrected chi connectivity index (χ4v) is 4.11. The molecule has 1 unspecified atom stereocenters. The van der Waals surface area contributed by atoms with E-state index in [0.717, 1.165) is 44.0 Å². The second kappa shape index (κ2) is 7.01. The minimum absolute atomic E-state index is 0.213. The first-order chi connectivity index (χ1) is 11.8. The van der Waals surface area contributed by atoms with Gasteiger partial charge in [-0.05, 0) is 42.8 Å². The summed E-state index contributed by atoms with van der Waals surface area (Å²) in [5.74, 6) is -0.213. The quantitative estimate of drug-likeness (QED) is 0.853. The van der Waals surface area contributed by atoms with Crippen molar-refractivity contribution in [3.05, 3.63) is 54.3 Å². The van der Waals surface area contributed by atoms with E-state index in [-0.39, 0.29) is 11.9 Å². The van der Waals surface area contributed by atoms with Crippen molar-refractivity contribution >= 4 is 29.2 Å². The van der Waals surface area contributed by atoms with Crippen molar-refractivity contribution in [3.8, 4) is 0 Å². The average Bonchev–Trinajstić information content (AvgIpc) is 3.00. The number of fused-ring (bicyclic) bond motifs is 1. The van der Waals surface area contributed by atoms with Gasteiger partial charge in [0.1, 0.15) is 5.82 Å². The lowest BCUT2D eigenvalue weighted by molar-refractivity contribution is 0.0254. The molecule has 0 aromatic heterocycles. The Kier molecular flexibility index (Phi) is 4.60. The number of hydrogen-bond acceptors (Lipinski definition) is 5. The summed E-state index contributed by atoms with van der Waals surface area (Å²) in [6, 6.07) is 15.0. The molecule has 126 valence electrons. The predicted molar refractivity (Wildman–Crippen MR) is 97.1 cm³/mol. The van der Waals surface area contributed by atoms with E-state index in [1.807, 2.05) is 18.2 Å². The first-order valence-electron chi connectivity index (χ1n) is 8.24. The molecule has 0 spiro atoms. The molecule has 2 aliphatic rings. The maximum Gasteiger partial charge on any atom is 0.123 e. The summed E-state index contributed by atoms with van der Waals surface area (Å²) in [6.07, 6.45) is 1.25. The minimum atomic E-state index is -0.213. The van der Waals surface area contributed by atoms with E-state index >= 15 is 0 Å². The number of halogens is 1.